The Morgan fingerprint density at radius 1 is 1.05 bits per heavy atom. The lowest BCUT2D eigenvalue weighted by atomic mass is 10.2. The highest BCUT2D eigenvalue weighted by molar-refractivity contribution is 5.70. The molecule has 0 saturated carbocycles. The standard InChI is InChI=1S/C16H20N4O/c1-21-13-5-6-15(14(17)12-13)19-8-10-20(11-9-19)16-4-2-3-7-18-16/h2-7,12H,8-11,17H2,1H3. The fraction of sp³-hybridized carbons (Fsp3) is 0.312. The first kappa shape index (κ1) is 13.5. The zero-order valence-corrected chi connectivity index (χ0v) is 12.2. The molecule has 1 saturated heterocycles. The normalized spacial score (nSPS) is 15.1. The van der Waals surface area contributed by atoms with Gasteiger partial charge in [-0.2, -0.15) is 0 Å². The van der Waals surface area contributed by atoms with Crippen LogP contribution in [0.1, 0.15) is 0 Å². The van der Waals surface area contributed by atoms with Gasteiger partial charge in [0.2, 0.25) is 0 Å². The number of nitrogens with zero attached hydrogens (tertiary/aromatic N) is 3. The van der Waals surface area contributed by atoms with Crippen LogP contribution >= 0.6 is 0 Å². The molecular formula is C16H20N4O. The van der Waals surface area contributed by atoms with Gasteiger partial charge in [0.1, 0.15) is 11.6 Å². The lowest BCUT2D eigenvalue weighted by molar-refractivity contribution is 0.415. The van der Waals surface area contributed by atoms with Crippen molar-refractivity contribution in [2.75, 3.05) is 48.8 Å². The number of nitrogen functional groups attached to an aromatic ring is 1. The smallest absolute Gasteiger partial charge is 0.128 e. The third-order valence-electron chi connectivity index (χ3n) is 3.83. The molecule has 0 spiro atoms. The number of piperazine rings is 1. The molecule has 0 unspecified atom stereocenters. The Bertz CT molecular complexity index is 594. The van der Waals surface area contributed by atoms with Gasteiger partial charge in [-0.05, 0) is 24.3 Å². The molecule has 0 amide bonds. The average Bonchev–Trinajstić information content (AvgIpc) is 2.56. The molecule has 21 heavy (non-hydrogen) atoms. The number of aromatic nitrogens is 1. The van der Waals surface area contributed by atoms with Gasteiger partial charge in [0.05, 0.1) is 18.5 Å². The summed E-state index contributed by atoms with van der Waals surface area (Å²) in [7, 11) is 1.65. The number of anilines is 3. The van der Waals surface area contributed by atoms with Crippen LogP contribution in [-0.2, 0) is 0 Å². The van der Waals surface area contributed by atoms with Crippen molar-refractivity contribution in [3.05, 3.63) is 42.6 Å². The zero-order chi connectivity index (χ0) is 14.7. The maximum absolute atomic E-state index is 6.13. The maximum Gasteiger partial charge on any atom is 0.128 e. The molecular weight excluding hydrogens is 264 g/mol. The highest BCUT2D eigenvalue weighted by Crippen LogP contribution is 2.28. The monoisotopic (exact) mass is 284 g/mol. The molecule has 1 aromatic carbocycles. The van der Waals surface area contributed by atoms with E-state index in [9.17, 15) is 0 Å². The van der Waals surface area contributed by atoms with Gasteiger partial charge in [-0.1, -0.05) is 6.07 Å². The summed E-state index contributed by atoms with van der Waals surface area (Å²) in [6, 6.07) is 11.9. The van der Waals surface area contributed by atoms with E-state index >= 15 is 0 Å². The maximum atomic E-state index is 6.13. The van der Waals surface area contributed by atoms with Crippen LogP contribution in [0.4, 0.5) is 17.2 Å². The minimum atomic E-state index is 0.764. The molecule has 0 bridgehead atoms. The lowest BCUT2D eigenvalue weighted by Gasteiger charge is -2.37. The van der Waals surface area contributed by atoms with E-state index in [0.717, 1.165) is 49.1 Å². The van der Waals surface area contributed by atoms with Crippen LogP contribution < -0.4 is 20.3 Å². The Balaban J connectivity index is 1.68. The molecule has 2 N–H and O–H groups in total. The summed E-state index contributed by atoms with van der Waals surface area (Å²) in [4.78, 5) is 9.02. The van der Waals surface area contributed by atoms with Crippen molar-refractivity contribution < 1.29 is 4.74 Å². The minimum absolute atomic E-state index is 0.764. The molecule has 2 heterocycles. The highest BCUT2D eigenvalue weighted by Gasteiger charge is 2.19. The number of hydrogen-bond acceptors (Lipinski definition) is 5. The van der Waals surface area contributed by atoms with Crippen LogP contribution in [0, 0.1) is 0 Å². The van der Waals surface area contributed by atoms with Gasteiger partial charge in [-0.3, -0.25) is 0 Å². The van der Waals surface area contributed by atoms with Crippen LogP contribution in [0.5, 0.6) is 5.75 Å². The summed E-state index contributed by atoms with van der Waals surface area (Å²) in [5, 5.41) is 0. The van der Waals surface area contributed by atoms with Crippen LogP contribution in [-0.4, -0.2) is 38.3 Å². The van der Waals surface area contributed by atoms with E-state index in [0.29, 0.717) is 0 Å². The van der Waals surface area contributed by atoms with Gasteiger partial charge in [0.15, 0.2) is 0 Å². The summed E-state index contributed by atoms with van der Waals surface area (Å²) in [5.41, 5.74) is 7.97. The Morgan fingerprint density at radius 3 is 2.43 bits per heavy atom. The summed E-state index contributed by atoms with van der Waals surface area (Å²) in [6.45, 7) is 3.77. The first-order valence-electron chi connectivity index (χ1n) is 7.12. The molecule has 1 aliphatic heterocycles. The van der Waals surface area contributed by atoms with E-state index in [1.807, 2.05) is 36.5 Å². The predicted molar refractivity (Wildman–Crippen MR) is 86.1 cm³/mol. The highest BCUT2D eigenvalue weighted by atomic mass is 16.5. The number of ether oxygens (including phenoxy) is 1. The van der Waals surface area contributed by atoms with Crippen molar-refractivity contribution in [3.63, 3.8) is 0 Å². The molecule has 5 nitrogen and oxygen atoms in total. The van der Waals surface area contributed by atoms with Crippen LogP contribution in [0.15, 0.2) is 42.6 Å². The summed E-state index contributed by atoms with van der Waals surface area (Å²) < 4.78 is 5.20. The molecule has 0 atom stereocenters. The minimum Gasteiger partial charge on any atom is -0.497 e. The topological polar surface area (TPSA) is 54.6 Å². The van der Waals surface area contributed by atoms with Crippen LogP contribution in [0.25, 0.3) is 0 Å². The fourth-order valence-electron chi connectivity index (χ4n) is 2.66. The molecule has 1 aromatic heterocycles. The number of methoxy groups -OCH3 is 1. The Labute approximate surface area is 125 Å². The van der Waals surface area contributed by atoms with E-state index in [-0.39, 0.29) is 0 Å². The van der Waals surface area contributed by atoms with Gasteiger partial charge < -0.3 is 20.3 Å². The Hall–Kier alpha value is -2.43. The third kappa shape index (κ3) is 2.86. The van der Waals surface area contributed by atoms with Crippen molar-refractivity contribution in [2.45, 2.75) is 0 Å². The second-order valence-corrected chi connectivity index (χ2v) is 5.09. The van der Waals surface area contributed by atoms with Crippen LogP contribution in [0.2, 0.25) is 0 Å². The van der Waals surface area contributed by atoms with Gasteiger partial charge in [0, 0.05) is 38.4 Å². The van der Waals surface area contributed by atoms with Gasteiger partial charge >= 0.3 is 0 Å². The second kappa shape index (κ2) is 5.91. The fourth-order valence-corrected chi connectivity index (χ4v) is 2.66. The molecule has 5 heteroatoms. The van der Waals surface area contributed by atoms with Crippen molar-refractivity contribution in [1.82, 2.24) is 4.98 Å². The Morgan fingerprint density at radius 2 is 1.81 bits per heavy atom. The van der Waals surface area contributed by atoms with Crippen molar-refractivity contribution >= 4 is 17.2 Å². The van der Waals surface area contributed by atoms with Gasteiger partial charge in [-0.15, -0.1) is 0 Å². The number of pyridine rings is 1. The molecule has 3 rings (SSSR count). The Kier molecular flexibility index (Phi) is 3.81. The zero-order valence-electron chi connectivity index (χ0n) is 12.2. The van der Waals surface area contributed by atoms with Crippen molar-refractivity contribution in [3.8, 4) is 5.75 Å². The summed E-state index contributed by atoms with van der Waals surface area (Å²) >= 11 is 0. The largest absolute Gasteiger partial charge is 0.497 e. The van der Waals surface area contributed by atoms with Crippen molar-refractivity contribution in [2.24, 2.45) is 0 Å². The number of rotatable bonds is 3. The number of hydrogen-bond donors (Lipinski definition) is 1. The SMILES string of the molecule is COc1ccc(N2CCN(c3ccccn3)CC2)c(N)c1. The van der Waals surface area contributed by atoms with E-state index in [4.69, 9.17) is 10.5 Å². The predicted octanol–water partition coefficient (Wildman–Crippen LogP) is 2.00. The van der Waals surface area contributed by atoms with E-state index < -0.39 is 0 Å². The summed E-state index contributed by atoms with van der Waals surface area (Å²) in [6.07, 6.45) is 1.84. The number of benzene rings is 1. The van der Waals surface area contributed by atoms with E-state index in [2.05, 4.69) is 20.9 Å². The van der Waals surface area contributed by atoms with Crippen LogP contribution in [0.3, 0.4) is 0 Å². The van der Waals surface area contributed by atoms with Gasteiger partial charge in [0.25, 0.3) is 0 Å². The van der Waals surface area contributed by atoms with E-state index in [1.165, 1.54) is 0 Å². The molecule has 0 radical (unpaired) electrons. The molecule has 0 aliphatic carbocycles. The first-order valence-corrected chi connectivity index (χ1v) is 7.12. The third-order valence-corrected chi connectivity index (χ3v) is 3.83. The van der Waals surface area contributed by atoms with Gasteiger partial charge in [-0.25, -0.2) is 4.98 Å². The molecule has 2 aromatic rings. The number of nitrogens with two attached hydrogens (primary N) is 1. The first-order chi connectivity index (χ1) is 10.3. The average molecular weight is 284 g/mol. The quantitative estimate of drug-likeness (QED) is 0.874. The van der Waals surface area contributed by atoms with Crippen molar-refractivity contribution in [1.29, 1.82) is 0 Å². The summed E-state index contributed by atoms with van der Waals surface area (Å²) in [5.74, 6) is 1.84. The second-order valence-electron chi connectivity index (χ2n) is 5.09. The molecule has 1 aliphatic rings. The molecule has 1 fully saturated rings. The molecule has 110 valence electrons. The lowest BCUT2D eigenvalue weighted by Crippen LogP contribution is -2.47. The van der Waals surface area contributed by atoms with E-state index in [1.54, 1.807) is 7.11 Å².